The average molecular weight is 211 g/mol. The van der Waals surface area contributed by atoms with Crippen molar-refractivity contribution in [2.24, 2.45) is 0 Å². The molecule has 1 aromatic rings. The number of H-pyrrole nitrogens is 1. The fourth-order valence-electron chi connectivity index (χ4n) is 1.49. The first kappa shape index (κ1) is 12.2. The van der Waals surface area contributed by atoms with Crippen molar-refractivity contribution in [3.05, 3.63) is 17.7 Å². The van der Waals surface area contributed by atoms with Crippen LogP contribution in [-0.2, 0) is 11.3 Å². The van der Waals surface area contributed by atoms with Crippen molar-refractivity contribution >= 4 is 0 Å². The Labute approximate surface area is 91.4 Å². The maximum absolute atomic E-state index is 5.59. The van der Waals surface area contributed by atoms with Crippen LogP contribution in [0.25, 0.3) is 0 Å². The van der Waals surface area contributed by atoms with Gasteiger partial charge in [-0.05, 0) is 27.7 Å². The molecule has 4 heteroatoms. The number of ether oxygens (including phenoxy) is 1. The number of nitrogens with one attached hydrogen (secondary N) is 2. The topological polar surface area (TPSA) is 49.9 Å². The fraction of sp³-hybridized carbons (Fsp3) is 0.727. The summed E-state index contributed by atoms with van der Waals surface area (Å²) in [4.78, 5) is 7.28. The molecule has 15 heavy (non-hydrogen) atoms. The maximum Gasteiger partial charge on any atom is 0.0925 e. The monoisotopic (exact) mass is 211 g/mol. The van der Waals surface area contributed by atoms with Gasteiger partial charge >= 0.3 is 0 Å². The SMILES string of the molecule is CCOC(C)(C)CNCc1nc[nH]c1C. The van der Waals surface area contributed by atoms with Crippen LogP contribution >= 0.6 is 0 Å². The first-order chi connectivity index (χ1) is 7.05. The van der Waals surface area contributed by atoms with Gasteiger partial charge in [0, 0.05) is 25.4 Å². The van der Waals surface area contributed by atoms with Crippen LogP contribution < -0.4 is 5.32 Å². The Morgan fingerprint density at radius 1 is 1.53 bits per heavy atom. The van der Waals surface area contributed by atoms with Crippen molar-refractivity contribution in [2.75, 3.05) is 13.2 Å². The summed E-state index contributed by atoms with van der Waals surface area (Å²) in [5, 5.41) is 3.35. The van der Waals surface area contributed by atoms with E-state index < -0.39 is 0 Å². The standard InChI is InChI=1S/C11H21N3O/c1-5-15-11(3,4)7-12-6-10-9(2)13-8-14-10/h8,12H,5-7H2,1-4H3,(H,13,14). The number of aromatic amines is 1. The third-order valence-electron chi connectivity index (χ3n) is 2.31. The Kier molecular flexibility index (Phi) is 4.29. The lowest BCUT2D eigenvalue weighted by atomic mass is 10.1. The minimum atomic E-state index is -0.112. The van der Waals surface area contributed by atoms with Gasteiger partial charge in [-0.1, -0.05) is 0 Å². The first-order valence-electron chi connectivity index (χ1n) is 5.38. The summed E-state index contributed by atoms with van der Waals surface area (Å²) < 4.78 is 5.59. The Morgan fingerprint density at radius 2 is 2.27 bits per heavy atom. The molecular formula is C11H21N3O. The van der Waals surface area contributed by atoms with Gasteiger partial charge in [-0.25, -0.2) is 4.98 Å². The number of hydrogen-bond donors (Lipinski definition) is 2. The van der Waals surface area contributed by atoms with E-state index in [9.17, 15) is 0 Å². The highest BCUT2D eigenvalue weighted by atomic mass is 16.5. The molecule has 0 radical (unpaired) electrons. The summed E-state index contributed by atoms with van der Waals surface area (Å²) in [6.45, 7) is 10.6. The van der Waals surface area contributed by atoms with E-state index in [1.54, 1.807) is 6.33 Å². The lowest BCUT2D eigenvalue weighted by molar-refractivity contribution is -0.00902. The van der Waals surface area contributed by atoms with Crippen LogP contribution in [0.2, 0.25) is 0 Å². The fourth-order valence-corrected chi connectivity index (χ4v) is 1.49. The molecule has 4 nitrogen and oxygen atoms in total. The van der Waals surface area contributed by atoms with Crippen LogP contribution in [0, 0.1) is 6.92 Å². The Hall–Kier alpha value is -0.870. The molecule has 86 valence electrons. The summed E-state index contributed by atoms with van der Waals surface area (Å²) in [6, 6.07) is 0. The van der Waals surface area contributed by atoms with E-state index in [0.717, 1.165) is 31.1 Å². The quantitative estimate of drug-likeness (QED) is 0.752. The van der Waals surface area contributed by atoms with E-state index in [-0.39, 0.29) is 5.60 Å². The average Bonchev–Trinajstić information content (AvgIpc) is 2.51. The predicted molar refractivity (Wildman–Crippen MR) is 60.7 cm³/mol. The third kappa shape index (κ3) is 4.01. The molecule has 0 aliphatic carbocycles. The molecule has 2 N–H and O–H groups in total. The van der Waals surface area contributed by atoms with Crippen LogP contribution in [0.4, 0.5) is 0 Å². The molecule has 0 atom stereocenters. The van der Waals surface area contributed by atoms with Crippen molar-refractivity contribution in [1.29, 1.82) is 0 Å². The van der Waals surface area contributed by atoms with E-state index >= 15 is 0 Å². The van der Waals surface area contributed by atoms with Crippen LogP contribution in [0.15, 0.2) is 6.33 Å². The summed E-state index contributed by atoms with van der Waals surface area (Å²) in [5.41, 5.74) is 2.08. The smallest absolute Gasteiger partial charge is 0.0925 e. The molecule has 0 fully saturated rings. The summed E-state index contributed by atoms with van der Waals surface area (Å²) >= 11 is 0. The predicted octanol–water partition coefficient (Wildman–Crippen LogP) is 1.62. The first-order valence-corrected chi connectivity index (χ1v) is 5.38. The Morgan fingerprint density at radius 3 is 2.80 bits per heavy atom. The molecule has 0 unspecified atom stereocenters. The minimum Gasteiger partial charge on any atom is -0.375 e. The summed E-state index contributed by atoms with van der Waals surface area (Å²) in [5.74, 6) is 0. The van der Waals surface area contributed by atoms with E-state index in [0.29, 0.717) is 0 Å². The van der Waals surface area contributed by atoms with Crippen molar-refractivity contribution in [2.45, 2.75) is 39.8 Å². The number of rotatable bonds is 6. The zero-order valence-electron chi connectivity index (χ0n) is 10.1. The van der Waals surface area contributed by atoms with Crippen molar-refractivity contribution in [1.82, 2.24) is 15.3 Å². The maximum atomic E-state index is 5.59. The van der Waals surface area contributed by atoms with Gasteiger partial charge in [-0.2, -0.15) is 0 Å². The summed E-state index contributed by atoms with van der Waals surface area (Å²) in [7, 11) is 0. The second-order valence-electron chi connectivity index (χ2n) is 4.27. The molecule has 0 amide bonds. The second-order valence-corrected chi connectivity index (χ2v) is 4.27. The number of aryl methyl sites for hydroxylation is 1. The normalized spacial score (nSPS) is 12.0. The molecule has 1 rings (SSSR count). The zero-order valence-corrected chi connectivity index (χ0v) is 10.1. The van der Waals surface area contributed by atoms with Crippen LogP contribution in [0.5, 0.6) is 0 Å². The molecular weight excluding hydrogens is 190 g/mol. The van der Waals surface area contributed by atoms with E-state index in [2.05, 4.69) is 29.1 Å². The molecule has 0 aliphatic heterocycles. The van der Waals surface area contributed by atoms with Gasteiger partial charge in [-0.3, -0.25) is 0 Å². The number of imidazole rings is 1. The van der Waals surface area contributed by atoms with Crippen molar-refractivity contribution in [3.8, 4) is 0 Å². The second kappa shape index (κ2) is 5.28. The van der Waals surface area contributed by atoms with Gasteiger partial charge in [0.25, 0.3) is 0 Å². The van der Waals surface area contributed by atoms with E-state index in [1.165, 1.54) is 0 Å². The van der Waals surface area contributed by atoms with Crippen molar-refractivity contribution < 1.29 is 4.74 Å². The number of nitrogens with zero attached hydrogens (tertiary/aromatic N) is 1. The highest BCUT2D eigenvalue weighted by Gasteiger charge is 2.16. The molecule has 0 aliphatic rings. The zero-order chi connectivity index (χ0) is 11.3. The molecule has 0 saturated carbocycles. The molecule has 1 heterocycles. The number of aromatic nitrogens is 2. The molecule has 0 bridgehead atoms. The summed E-state index contributed by atoms with van der Waals surface area (Å²) in [6.07, 6.45) is 1.72. The van der Waals surface area contributed by atoms with Crippen molar-refractivity contribution in [3.63, 3.8) is 0 Å². The van der Waals surface area contributed by atoms with Crippen LogP contribution in [-0.4, -0.2) is 28.7 Å². The molecule has 0 saturated heterocycles. The van der Waals surface area contributed by atoms with Gasteiger partial charge < -0.3 is 15.0 Å². The minimum absolute atomic E-state index is 0.112. The Balaban J connectivity index is 2.30. The third-order valence-corrected chi connectivity index (χ3v) is 2.31. The lowest BCUT2D eigenvalue weighted by Gasteiger charge is -2.24. The largest absolute Gasteiger partial charge is 0.375 e. The van der Waals surface area contributed by atoms with Gasteiger partial charge in [0.2, 0.25) is 0 Å². The molecule has 1 aromatic heterocycles. The lowest BCUT2D eigenvalue weighted by Crippen LogP contribution is -2.37. The van der Waals surface area contributed by atoms with Gasteiger partial charge in [0.1, 0.15) is 0 Å². The number of hydrogen-bond acceptors (Lipinski definition) is 3. The highest BCUT2D eigenvalue weighted by molar-refractivity contribution is 5.07. The van der Waals surface area contributed by atoms with Gasteiger partial charge in [0.05, 0.1) is 17.6 Å². The highest BCUT2D eigenvalue weighted by Crippen LogP contribution is 2.07. The Bertz CT molecular complexity index is 294. The molecule has 0 aromatic carbocycles. The molecule has 0 spiro atoms. The van der Waals surface area contributed by atoms with Crippen LogP contribution in [0.1, 0.15) is 32.2 Å². The van der Waals surface area contributed by atoms with E-state index in [4.69, 9.17) is 4.74 Å². The van der Waals surface area contributed by atoms with Gasteiger partial charge in [-0.15, -0.1) is 0 Å². The van der Waals surface area contributed by atoms with Crippen LogP contribution in [0.3, 0.4) is 0 Å². The van der Waals surface area contributed by atoms with E-state index in [1.807, 2.05) is 13.8 Å². The van der Waals surface area contributed by atoms with Gasteiger partial charge in [0.15, 0.2) is 0 Å².